The molecule has 0 aliphatic rings. The first kappa shape index (κ1) is 12.9. The molecule has 0 saturated heterocycles. The first-order valence-corrected chi connectivity index (χ1v) is 6.46. The number of aliphatic hydroxyl groups is 1. The van der Waals surface area contributed by atoms with Crippen molar-refractivity contribution in [1.29, 1.82) is 0 Å². The van der Waals surface area contributed by atoms with Crippen molar-refractivity contribution in [3.8, 4) is 0 Å². The van der Waals surface area contributed by atoms with Gasteiger partial charge in [-0.3, -0.25) is 0 Å². The van der Waals surface area contributed by atoms with E-state index >= 15 is 0 Å². The predicted molar refractivity (Wildman–Crippen MR) is 53.5 cm³/mol. The molecule has 0 aromatic heterocycles. The van der Waals surface area contributed by atoms with Crippen molar-refractivity contribution in [3.63, 3.8) is 0 Å². The molecule has 1 atom stereocenters. The zero-order valence-corrected chi connectivity index (χ0v) is 9.26. The van der Waals surface area contributed by atoms with Crippen LogP contribution in [0, 0.1) is 0 Å². The van der Waals surface area contributed by atoms with Gasteiger partial charge in [-0.25, -0.2) is 8.42 Å². The Kier molecular flexibility index (Phi) is 5.51. The van der Waals surface area contributed by atoms with E-state index in [1.807, 2.05) is 13.8 Å². The number of rotatable bonds is 6. The molecule has 2 N–H and O–H groups in total. The highest BCUT2D eigenvalue weighted by Crippen LogP contribution is 1.95. The zero-order valence-electron chi connectivity index (χ0n) is 8.45. The van der Waals surface area contributed by atoms with Crippen LogP contribution >= 0.6 is 0 Å². The second kappa shape index (κ2) is 5.57. The maximum atomic E-state index is 10.7. The van der Waals surface area contributed by atoms with Crippen molar-refractivity contribution in [2.24, 2.45) is 0 Å². The second-order valence-electron chi connectivity index (χ2n) is 3.64. The molecule has 0 aliphatic heterocycles. The van der Waals surface area contributed by atoms with Crippen LogP contribution in [-0.2, 0) is 9.84 Å². The van der Waals surface area contributed by atoms with Crippen molar-refractivity contribution in [3.05, 3.63) is 0 Å². The minimum absolute atomic E-state index is 0.0495. The molecule has 0 heterocycles. The van der Waals surface area contributed by atoms with E-state index < -0.39 is 15.9 Å². The average Bonchev–Trinajstić information content (AvgIpc) is 1.95. The first-order chi connectivity index (χ1) is 5.81. The van der Waals surface area contributed by atoms with E-state index in [0.717, 1.165) is 0 Å². The van der Waals surface area contributed by atoms with E-state index in [0.29, 0.717) is 19.0 Å². The minimum atomic E-state index is -2.95. The normalized spacial score (nSPS) is 14.8. The fraction of sp³-hybridized carbons (Fsp3) is 1.00. The summed E-state index contributed by atoms with van der Waals surface area (Å²) >= 11 is 0. The van der Waals surface area contributed by atoms with Gasteiger partial charge in [0.2, 0.25) is 0 Å². The molecule has 0 saturated carbocycles. The van der Waals surface area contributed by atoms with Gasteiger partial charge in [-0.05, 0) is 6.42 Å². The van der Waals surface area contributed by atoms with Crippen LogP contribution in [0.5, 0.6) is 0 Å². The van der Waals surface area contributed by atoms with Gasteiger partial charge in [0, 0.05) is 18.8 Å². The Hall–Kier alpha value is -0.130. The maximum Gasteiger partial charge on any atom is 0.147 e. The van der Waals surface area contributed by atoms with Gasteiger partial charge in [-0.15, -0.1) is 0 Å². The molecule has 0 aliphatic carbocycles. The van der Waals surface area contributed by atoms with Gasteiger partial charge in [0.1, 0.15) is 9.84 Å². The van der Waals surface area contributed by atoms with Crippen LogP contribution in [0.1, 0.15) is 20.3 Å². The standard InChI is InChI=1S/C8H19NO3S/c1-7(2)9-6-8(10)4-5-13(3,11)12/h7-10H,4-6H2,1-3H3. The molecule has 13 heavy (non-hydrogen) atoms. The Morgan fingerprint density at radius 1 is 1.38 bits per heavy atom. The topological polar surface area (TPSA) is 66.4 Å². The largest absolute Gasteiger partial charge is 0.392 e. The summed E-state index contributed by atoms with van der Waals surface area (Å²) in [6, 6.07) is 0.313. The Bertz CT molecular complexity index is 224. The fourth-order valence-electron chi connectivity index (χ4n) is 0.824. The summed E-state index contributed by atoms with van der Waals surface area (Å²) in [5, 5.41) is 12.4. The highest BCUT2D eigenvalue weighted by atomic mass is 32.2. The molecule has 0 spiro atoms. The van der Waals surface area contributed by atoms with Gasteiger partial charge in [0.15, 0.2) is 0 Å². The van der Waals surface area contributed by atoms with E-state index in [1.165, 1.54) is 6.26 Å². The summed E-state index contributed by atoms with van der Waals surface area (Å²) in [6.07, 6.45) is 0.908. The summed E-state index contributed by atoms with van der Waals surface area (Å²) < 4.78 is 21.5. The lowest BCUT2D eigenvalue weighted by Gasteiger charge is -2.13. The lowest BCUT2D eigenvalue weighted by molar-refractivity contribution is 0.165. The SMILES string of the molecule is CC(C)NCC(O)CCS(C)(=O)=O. The molecule has 0 aromatic carbocycles. The number of hydrogen-bond donors (Lipinski definition) is 2. The van der Waals surface area contributed by atoms with E-state index in [1.54, 1.807) is 0 Å². The molecule has 0 fully saturated rings. The Balaban J connectivity index is 3.58. The Labute approximate surface area is 80.3 Å². The fourth-order valence-corrected chi connectivity index (χ4v) is 1.52. The van der Waals surface area contributed by atoms with Gasteiger partial charge in [-0.2, -0.15) is 0 Å². The van der Waals surface area contributed by atoms with Gasteiger partial charge in [0.05, 0.1) is 11.9 Å². The number of hydrogen-bond acceptors (Lipinski definition) is 4. The third-order valence-electron chi connectivity index (χ3n) is 1.58. The molecule has 0 rings (SSSR count). The summed E-state index contributed by atoms with van der Waals surface area (Å²) in [5.41, 5.74) is 0. The van der Waals surface area contributed by atoms with Crippen LogP contribution in [0.25, 0.3) is 0 Å². The molecular formula is C8H19NO3S. The lowest BCUT2D eigenvalue weighted by Crippen LogP contribution is -2.32. The molecular weight excluding hydrogens is 190 g/mol. The maximum absolute atomic E-state index is 10.7. The van der Waals surface area contributed by atoms with Gasteiger partial charge < -0.3 is 10.4 Å². The first-order valence-electron chi connectivity index (χ1n) is 4.40. The molecule has 0 aromatic rings. The zero-order chi connectivity index (χ0) is 10.5. The van der Waals surface area contributed by atoms with Crippen LogP contribution in [-0.4, -0.2) is 44.2 Å². The third-order valence-corrected chi connectivity index (χ3v) is 2.56. The number of sulfone groups is 1. The minimum Gasteiger partial charge on any atom is -0.392 e. The van der Waals surface area contributed by atoms with Crippen LogP contribution in [0.15, 0.2) is 0 Å². The summed E-state index contributed by atoms with van der Waals surface area (Å²) in [7, 11) is -2.95. The molecule has 5 heteroatoms. The van der Waals surface area contributed by atoms with Crippen molar-refractivity contribution in [2.45, 2.75) is 32.4 Å². The molecule has 0 amide bonds. The summed E-state index contributed by atoms with van der Waals surface area (Å²) in [5.74, 6) is 0.0495. The predicted octanol–water partition coefficient (Wildman–Crippen LogP) is -0.220. The molecule has 1 unspecified atom stereocenters. The van der Waals surface area contributed by atoms with Crippen LogP contribution in [0.4, 0.5) is 0 Å². The van der Waals surface area contributed by atoms with Crippen LogP contribution < -0.4 is 5.32 Å². The molecule has 4 nitrogen and oxygen atoms in total. The highest BCUT2D eigenvalue weighted by molar-refractivity contribution is 7.90. The highest BCUT2D eigenvalue weighted by Gasteiger charge is 2.09. The van der Waals surface area contributed by atoms with Crippen molar-refractivity contribution >= 4 is 9.84 Å². The molecule has 0 radical (unpaired) electrons. The number of aliphatic hydroxyl groups excluding tert-OH is 1. The van der Waals surface area contributed by atoms with E-state index in [2.05, 4.69) is 5.32 Å². The van der Waals surface area contributed by atoms with Crippen molar-refractivity contribution in [1.82, 2.24) is 5.32 Å². The molecule has 0 bridgehead atoms. The van der Waals surface area contributed by atoms with E-state index in [4.69, 9.17) is 0 Å². The van der Waals surface area contributed by atoms with Gasteiger partial charge in [-0.1, -0.05) is 13.8 Å². The Morgan fingerprint density at radius 2 is 1.92 bits per heavy atom. The lowest BCUT2D eigenvalue weighted by atomic mass is 10.2. The average molecular weight is 209 g/mol. The van der Waals surface area contributed by atoms with Gasteiger partial charge in [0.25, 0.3) is 0 Å². The molecule has 80 valence electrons. The monoisotopic (exact) mass is 209 g/mol. The van der Waals surface area contributed by atoms with Crippen molar-refractivity contribution in [2.75, 3.05) is 18.6 Å². The van der Waals surface area contributed by atoms with E-state index in [9.17, 15) is 13.5 Å². The quantitative estimate of drug-likeness (QED) is 0.635. The van der Waals surface area contributed by atoms with Crippen molar-refractivity contribution < 1.29 is 13.5 Å². The second-order valence-corrected chi connectivity index (χ2v) is 5.90. The summed E-state index contributed by atoms with van der Waals surface area (Å²) in [4.78, 5) is 0. The van der Waals surface area contributed by atoms with Gasteiger partial charge >= 0.3 is 0 Å². The smallest absolute Gasteiger partial charge is 0.147 e. The Morgan fingerprint density at radius 3 is 2.31 bits per heavy atom. The van der Waals surface area contributed by atoms with Crippen LogP contribution in [0.2, 0.25) is 0 Å². The number of nitrogens with one attached hydrogen (secondary N) is 1. The third kappa shape index (κ3) is 9.79. The van der Waals surface area contributed by atoms with Crippen LogP contribution in [0.3, 0.4) is 0 Å². The summed E-state index contributed by atoms with van der Waals surface area (Å²) in [6.45, 7) is 4.40. The van der Waals surface area contributed by atoms with E-state index in [-0.39, 0.29) is 5.75 Å².